The number of hydrogen-bond donors (Lipinski definition) is 0. The Hall–Kier alpha value is -3.06. The zero-order chi connectivity index (χ0) is 18.6. The summed E-state index contributed by atoms with van der Waals surface area (Å²) in [6.07, 6.45) is 3.86. The van der Waals surface area contributed by atoms with E-state index in [2.05, 4.69) is 0 Å². The van der Waals surface area contributed by atoms with Crippen LogP contribution in [0.1, 0.15) is 5.76 Å². The summed E-state index contributed by atoms with van der Waals surface area (Å²) in [6.45, 7) is 2.26. The molecule has 2 aromatic rings. The molecule has 0 radical (unpaired) electrons. The van der Waals surface area contributed by atoms with Gasteiger partial charge in [0.15, 0.2) is 6.10 Å². The van der Waals surface area contributed by atoms with Crippen molar-refractivity contribution >= 4 is 23.6 Å². The third-order valence-electron chi connectivity index (χ3n) is 4.57. The van der Waals surface area contributed by atoms with E-state index in [9.17, 15) is 9.59 Å². The number of fused-ring (bicyclic) bond motifs is 1. The number of anilines is 1. The largest absolute Gasteiger partial charge is 0.476 e. The Bertz CT molecular complexity index is 840. The van der Waals surface area contributed by atoms with Crippen LogP contribution in [-0.4, -0.2) is 55.7 Å². The number of hydrogen-bond acceptors (Lipinski definition) is 5. The summed E-state index contributed by atoms with van der Waals surface area (Å²) in [4.78, 5) is 28.9. The number of furan rings is 1. The maximum absolute atomic E-state index is 12.9. The fraction of sp³-hybridized carbons (Fsp3) is 0.300. The van der Waals surface area contributed by atoms with Crippen LogP contribution in [0.5, 0.6) is 5.75 Å². The second-order valence-electron chi connectivity index (χ2n) is 6.31. The van der Waals surface area contributed by atoms with Crippen LogP contribution in [0.3, 0.4) is 0 Å². The number of nitrogens with zero attached hydrogens (tertiary/aromatic N) is 2. The van der Waals surface area contributed by atoms with Crippen LogP contribution < -0.4 is 9.64 Å². The lowest BCUT2D eigenvalue weighted by atomic mass is 10.1. The van der Waals surface area contributed by atoms with Crippen molar-refractivity contribution in [2.24, 2.45) is 0 Å². The molecule has 1 aromatic carbocycles. The summed E-state index contributed by atoms with van der Waals surface area (Å²) in [7, 11) is 0. The number of morpholine rings is 1. The monoisotopic (exact) mass is 368 g/mol. The van der Waals surface area contributed by atoms with Gasteiger partial charge in [-0.15, -0.1) is 0 Å². The molecule has 7 nitrogen and oxygen atoms in total. The molecule has 2 aliphatic rings. The SMILES string of the molecule is O=C([C@@H]1CN(C(=O)/C=C/c2ccco2)c2ccccc2O1)N1CCOCC1. The van der Waals surface area contributed by atoms with Crippen LogP contribution >= 0.6 is 0 Å². The minimum atomic E-state index is -0.737. The van der Waals surface area contributed by atoms with Crippen molar-refractivity contribution in [2.75, 3.05) is 37.7 Å². The molecule has 0 bridgehead atoms. The van der Waals surface area contributed by atoms with E-state index in [0.29, 0.717) is 43.5 Å². The molecule has 0 unspecified atom stereocenters. The van der Waals surface area contributed by atoms with Gasteiger partial charge >= 0.3 is 0 Å². The molecule has 2 aliphatic heterocycles. The van der Waals surface area contributed by atoms with Crippen LogP contribution in [0.25, 0.3) is 6.08 Å². The van der Waals surface area contributed by atoms with Gasteiger partial charge in [0.2, 0.25) is 0 Å². The van der Waals surface area contributed by atoms with Gasteiger partial charge in [0.05, 0.1) is 31.7 Å². The van der Waals surface area contributed by atoms with Crippen molar-refractivity contribution in [1.29, 1.82) is 0 Å². The molecule has 1 aromatic heterocycles. The highest BCUT2D eigenvalue weighted by atomic mass is 16.5. The first-order valence-electron chi connectivity index (χ1n) is 8.88. The van der Waals surface area contributed by atoms with Crippen molar-refractivity contribution in [3.05, 3.63) is 54.5 Å². The molecule has 0 aliphatic carbocycles. The highest BCUT2D eigenvalue weighted by molar-refractivity contribution is 6.05. The predicted octanol–water partition coefficient (Wildman–Crippen LogP) is 1.95. The average molecular weight is 368 g/mol. The number of para-hydroxylation sites is 2. The Morgan fingerprint density at radius 2 is 1.89 bits per heavy atom. The van der Waals surface area contributed by atoms with E-state index in [-0.39, 0.29) is 18.4 Å². The molecule has 27 heavy (non-hydrogen) atoms. The van der Waals surface area contributed by atoms with Crippen LogP contribution in [0.15, 0.2) is 53.2 Å². The molecule has 0 spiro atoms. The van der Waals surface area contributed by atoms with Gasteiger partial charge in [-0.2, -0.15) is 0 Å². The fourth-order valence-corrected chi connectivity index (χ4v) is 3.19. The fourth-order valence-electron chi connectivity index (χ4n) is 3.19. The maximum atomic E-state index is 12.9. The first-order chi connectivity index (χ1) is 13.2. The normalized spacial score (nSPS) is 19.6. The zero-order valence-corrected chi connectivity index (χ0v) is 14.7. The Balaban J connectivity index is 1.56. The molecule has 1 atom stereocenters. The van der Waals surface area contributed by atoms with Gasteiger partial charge in [0.25, 0.3) is 11.8 Å². The number of amides is 2. The zero-order valence-electron chi connectivity index (χ0n) is 14.7. The van der Waals surface area contributed by atoms with E-state index in [1.807, 2.05) is 18.2 Å². The first-order valence-corrected chi connectivity index (χ1v) is 8.88. The summed E-state index contributed by atoms with van der Waals surface area (Å²) in [6, 6.07) is 10.8. The molecule has 0 N–H and O–H groups in total. The summed E-state index contributed by atoms with van der Waals surface area (Å²) < 4.78 is 16.4. The van der Waals surface area contributed by atoms with E-state index in [1.165, 1.54) is 6.08 Å². The molecule has 2 amide bonds. The molecular weight excluding hydrogens is 348 g/mol. The summed E-state index contributed by atoms with van der Waals surface area (Å²) in [5.74, 6) is 0.753. The van der Waals surface area contributed by atoms with Crippen molar-refractivity contribution in [3.63, 3.8) is 0 Å². The second-order valence-corrected chi connectivity index (χ2v) is 6.31. The number of ether oxygens (including phenoxy) is 2. The number of benzene rings is 1. The molecule has 140 valence electrons. The maximum Gasteiger partial charge on any atom is 0.265 e. The van der Waals surface area contributed by atoms with Gasteiger partial charge in [-0.3, -0.25) is 9.59 Å². The summed E-state index contributed by atoms with van der Waals surface area (Å²) in [5.41, 5.74) is 0.651. The van der Waals surface area contributed by atoms with E-state index < -0.39 is 6.10 Å². The van der Waals surface area contributed by atoms with Crippen molar-refractivity contribution in [3.8, 4) is 5.75 Å². The molecule has 3 heterocycles. The highest BCUT2D eigenvalue weighted by Crippen LogP contribution is 2.33. The van der Waals surface area contributed by atoms with Gasteiger partial charge in [-0.1, -0.05) is 12.1 Å². The lowest BCUT2D eigenvalue weighted by molar-refractivity contribution is -0.142. The van der Waals surface area contributed by atoms with Gasteiger partial charge in [0.1, 0.15) is 11.5 Å². The Kier molecular flexibility index (Phi) is 4.93. The van der Waals surface area contributed by atoms with Crippen LogP contribution in [0.2, 0.25) is 0 Å². The van der Waals surface area contributed by atoms with Crippen molar-refractivity contribution in [2.45, 2.75) is 6.10 Å². The van der Waals surface area contributed by atoms with Crippen molar-refractivity contribution in [1.82, 2.24) is 4.90 Å². The molecule has 1 fully saturated rings. The standard InChI is InChI=1S/C20H20N2O5/c23-19(8-7-15-4-3-11-26-15)22-14-18(20(24)21-9-12-25-13-10-21)27-17-6-2-1-5-16(17)22/h1-8,11,18H,9-10,12-14H2/b8-7+/t18-/m0/s1. The highest BCUT2D eigenvalue weighted by Gasteiger charge is 2.35. The lowest BCUT2D eigenvalue weighted by Crippen LogP contribution is -2.53. The Labute approximate surface area is 156 Å². The second kappa shape index (κ2) is 7.67. The number of rotatable bonds is 3. The predicted molar refractivity (Wildman–Crippen MR) is 98.4 cm³/mol. The van der Waals surface area contributed by atoms with Crippen LogP contribution in [0, 0.1) is 0 Å². The summed E-state index contributed by atoms with van der Waals surface area (Å²) in [5, 5.41) is 0. The van der Waals surface area contributed by atoms with Crippen LogP contribution in [0.4, 0.5) is 5.69 Å². The minimum Gasteiger partial charge on any atom is -0.476 e. The Morgan fingerprint density at radius 3 is 2.67 bits per heavy atom. The number of carbonyl (C=O) groups excluding carboxylic acids is 2. The molecular formula is C20H20N2O5. The quantitative estimate of drug-likeness (QED) is 0.775. The molecule has 4 rings (SSSR count). The van der Waals surface area contributed by atoms with Gasteiger partial charge in [-0.25, -0.2) is 0 Å². The molecule has 1 saturated heterocycles. The third-order valence-corrected chi connectivity index (χ3v) is 4.57. The van der Waals surface area contributed by atoms with E-state index in [1.54, 1.807) is 40.3 Å². The average Bonchev–Trinajstić information content (AvgIpc) is 3.25. The van der Waals surface area contributed by atoms with E-state index in [4.69, 9.17) is 13.9 Å². The van der Waals surface area contributed by atoms with Crippen LogP contribution in [-0.2, 0) is 14.3 Å². The minimum absolute atomic E-state index is 0.124. The lowest BCUT2D eigenvalue weighted by Gasteiger charge is -2.37. The molecule has 0 saturated carbocycles. The number of carbonyl (C=O) groups is 2. The molecule has 7 heteroatoms. The smallest absolute Gasteiger partial charge is 0.265 e. The Morgan fingerprint density at radius 1 is 1.07 bits per heavy atom. The van der Waals surface area contributed by atoms with Gasteiger partial charge in [-0.05, 0) is 30.3 Å². The van der Waals surface area contributed by atoms with Crippen molar-refractivity contribution < 1.29 is 23.5 Å². The van der Waals surface area contributed by atoms with Gasteiger partial charge < -0.3 is 23.7 Å². The van der Waals surface area contributed by atoms with E-state index >= 15 is 0 Å². The third kappa shape index (κ3) is 3.73. The van der Waals surface area contributed by atoms with Gasteiger partial charge in [0, 0.05) is 19.2 Å². The van der Waals surface area contributed by atoms with E-state index in [0.717, 1.165) is 0 Å². The topological polar surface area (TPSA) is 72.2 Å². The summed E-state index contributed by atoms with van der Waals surface area (Å²) >= 11 is 0. The first kappa shape index (κ1) is 17.4.